The van der Waals surface area contributed by atoms with Gasteiger partial charge in [0.1, 0.15) is 5.78 Å². The molecule has 1 aliphatic rings. The molecule has 0 saturated carbocycles. The maximum absolute atomic E-state index is 12.3. The van der Waals surface area contributed by atoms with Crippen molar-refractivity contribution in [2.45, 2.75) is 30.8 Å². The van der Waals surface area contributed by atoms with Crippen LogP contribution in [0.15, 0.2) is 29.4 Å². The Morgan fingerprint density at radius 1 is 1.35 bits per heavy atom. The van der Waals surface area contributed by atoms with Crippen LogP contribution in [-0.4, -0.2) is 35.6 Å². The molecule has 0 bridgehead atoms. The van der Waals surface area contributed by atoms with Crippen molar-refractivity contribution in [1.29, 1.82) is 0 Å². The van der Waals surface area contributed by atoms with E-state index >= 15 is 0 Å². The minimum absolute atomic E-state index is 0.0113. The minimum atomic E-state index is -3.68. The summed E-state index contributed by atoms with van der Waals surface area (Å²) in [6.07, 6.45) is 1.68. The molecule has 5 nitrogen and oxygen atoms in total. The number of aromatic nitrogens is 1. The van der Waals surface area contributed by atoms with Gasteiger partial charge in [-0.2, -0.15) is 4.31 Å². The lowest BCUT2D eigenvalue weighted by molar-refractivity contribution is -0.116. The molecule has 0 atom stereocenters. The van der Waals surface area contributed by atoms with Crippen molar-refractivity contribution >= 4 is 15.8 Å². The molecule has 1 aromatic heterocycles. The standard InChI is InChI=1S/C11H14N2O3S/c1-11(2)7-9(14)8-13(11)17(15,16)10-5-3-4-6-12-10/h3-6H,7-8H2,1-2H3. The Labute approximate surface area is 101 Å². The van der Waals surface area contributed by atoms with E-state index in [9.17, 15) is 13.2 Å². The number of ketones is 1. The summed E-state index contributed by atoms with van der Waals surface area (Å²) >= 11 is 0. The maximum Gasteiger partial charge on any atom is 0.261 e. The fraction of sp³-hybridized carbons (Fsp3) is 0.455. The Hall–Kier alpha value is -1.27. The Balaban J connectivity index is 2.44. The van der Waals surface area contributed by atoms with Gasteiger partial charge in [-0.15, -0.1) is 0 Å². The van der Waals surface area contributed by atoms with Crippen molar-refractivity contribution in [1.82, 2.24) is 9.29 Å². The molecule has 2 rings (SSSR count). The van der Waals surface area contributed by atoms with E-state index in [0.717, 1.165) is 0 Å². The number of hydrogen-bond acceptors (Lipinski definition) is 4. The van der Waals surface area contributed by atoms with Gasteiger partial charge < -0.3 is 0 Å². The van der Waals surface area contributed by atoms with Crippen LogP contribution in [0.2, 0.25) is 0 Å². The summed E-state index contributed by atoms with van der Waals surface area (Å²) in [6, 6.07) is 4.71. The summed E-state index contributed by atoms with van der Waals surface area (Å²) in [5.41, 5.74) is -0.673. The molecule has 6 heteroatoms. The van der Waals surface area contributed by atoms with E-state index in [0.29, 0.717) is 0 Å². The van der Waals surface area contributed by atoms with E-state index in [1.165, 1.54) is 16.6 Å². The smallest absolute Gasteiger partial charge is 0.261 e. The van der Waals surface area contributed by atoms with Crippen molar-refractivity contribution in [2.75, 3.05) is 6.54 Å². The average molecular weight is 254 g/mol. The van der Waals surface area contributed by atoms with Gasteiger partial charge in [0.05, 0.1) is 6.54 Å². The lowest BCUT2D eigenvalue weighted by Gasteiger charge is -2.28. The highest BCUT2D eigenvalue weighted by atomic mass is 32.2. The number of rotatable bonds is 2. The lowest BCUT2D eigenvalue weighted by Crippen LogP contribution is -2.42. The first-order chi connectivity index (χ1) is 7.84. The van der Waals surface area contributed by atoms with Gasteiger partial charge >= 0.3 is 0 Å². The second-order valence-electron chi connectivity index (χ2n) is 4.71. The molecule has 1 aliphatic heterocycles. The van der Waals surface area contributed by atoms with Crippen LogP contribution in [-0.2, 0) is 14.8 Å². The maximum atomic E-state index is 12.3. The Bertz CT molecular complexity index is 537. The second-order valence-corrected chi connectivity index (χ2v) is 6.52. The fourth-order valence-electron chi connectivity index (χ4n) is 2.02. The molecule has 0 spiro atoms. The second kappa shape index (κ2) is 3.89. The minimum Gasteiger partial charge on any atom is -0.298 e. The third-order valence-corrected chi connectivity index (χ3v) is 4.79. The van der Waals surface area contributed by atoms with Crippen LogP contribution >= 0.6 is 0 Å². The van der Waals surface area contributed by atoms with E-state index < -0.39 is 15.6 Å². The summed E-state index contributed by atoms with van der Waals surface area (Å²) in [5.74, 6) is -0.0606. The highest BCUT2D eigenvalue weighted by Gasteiger charge is 2.45. The van der Waals surface area contributed by atoms with Crippen molar-refractivity contribution in [3.05, 3.63) is 24.4 Å². The molecule has 17 heavy (non-hydrogen) atoms. The molecule has 1 saturated heterocycles. The number of nitrogens with zero attached hydrogens (tertiary/aromatic N) is 2. The van der Waals surface area contributed by atoms with Crippen molar-refractivity contribution in [3.8, 4) is 0 Å². The highest BCUT2D eigenvalue weighted by molar-refractivity contribution is 7.89. The third-order valence-electron chi connectivity index (χ3n) is 2.82. The molecule has 0 radical (unpaired) electrons. The molecular formula is C11H14N2O3S. The average Bonchev–Trinajstić information content (AvgIpc) is 2.54. The molecule has 1 fully saturated rings. The van der Waals surface area contributed by atoms with E-state index in [1.54, 1.807) is 26.0 Å². The first-order valence-corrected chi connectivity index (χ1v) is 6.74. The summed E-state index contributed by atoms with van der Waals surface area (Å²) in [7, 11) is -3.68. The van der Waals surface area contributed by atoms with Gasteiger partial charge in [-0.25, -0.2) is 13.4 Å². The number of carbonyl (C=O) groups is 1. The molecule has 0 aliphatic carbocycles. The molecule has 0 N–H and O–H groups in total. The molecule has 0 aromatic carbocycles. The quantitative estimate of drug-likeness (QED) is 0.783. The van der Waals surface area contributed by atoms with Gasteiger partial charge in [0.15, 0.2) is 5.03 Å². The fourth-order valence-corrected chi connectivity index (χ4v) is 3.72. The molecular weight excluding hydrogens is 240 g/mol. The molecule has 2 heterocycles. The number of carbonyl (C=O) groups excluding carboxylic acids is 1. The summed E-state index contributed by atoms with van der Waals surface area (Å²) in [5, 5.41) is -0.0113. The van der Waals surface area contributed by atoms with Crippen LogP contribution in [0, 0.1) is 0 Å². The van der Waals surface area contributed by atoms with Crippen molar-refractivity contribution in [3.63, 3.8) is 0 Å². The third kappa shape index (κ3) is 2.10. The SMILES string of the molecule is CC1(C)CC(=O)CN1S(=O)(=O)c1ccccn1. The number of hydrogen-bond donors (Lipinski definition) is 0. The van der Waals surface area contributed by atoms with Gasteiger partial charge in [-0.05, 0) is 26.0 Å². The van der Waals surface area contributed by atoms with Crippen LogP contribution in [0.3, 0.4) is 0 Å². The van der Waals surface area contributed by atoms with E-state index in [4.69, 9.17) is 0 Å². The van der Waals surface area contributed by atoms with Gasteiger partial charge in [-0.3, -0.25) is 4.79 Å². The monoisotopic (exact) mass is 254 g/mol. The lowest BCUT2D eigenvalue weighted by atomic mass is 10.0. The summed E-state index contributed by atoms with van der Waals surface area (Å²) in [4.78, 5) is 15.3. The van der Waals surface area contributed by atoms with Gasteiger partial charge in [-0.1, -0.05) is 6.07 Å². The summed E-state index contributed by atoms with van der Waals surface area (Å²) in [6.45, 7) is 3.43. The normalized spacial score (nSPS) is 20.7. The first kappa shape index (κ1) is 12.2. The van der Waals surface area contributed by atoms with E-state index in [-0.39, 0.29) is 23.8 Å². The zero-order valence-electron chi connectivity index (χ0n) is 9.75. The van der Waals surface area contributed by atoms with Gasteiger partial charge in [0.2, 0.25) is 0 Å². The van der Waals surface area contributed by atoms with Gasteiger partial charge in [0, 0.05) is 18.2 Å². The zero-order chi connectivity index (χ0) is 12.7. The van der Waals surface area contributed by atoms with Crippen LogP contribution in [0.4, 0.5) is 0 Å². The van der Waals surface area contributed by atoms with Crippen LogP contribution < -0.4 is 0 Å². The molecule has 1 aromatic rings. The van der Waals surface area contributed by atoms with Crippen LogP contribution in [0.25, 0.3) is 0 Å². The van der Waals surface area contributed by atoms with Gasteiger partial charge in [0.25, 0.3) is 10.0 Å². The summed E-state index contributed by atoms with van der Waals surface area (Å²) < 4.78 is 25.8. The molecule has 0 amide bonds. The van der Waals surface area contributed by atoms with E-state index in [1.807, 2.05) is 0 Å². The van der Waals surface area contributed by atoms with Crippen LogP contribution in [0.5, 0.6) is 0 Å². The topological polar surface area (TPSA) is 67.3 Å². The van der Waals surface area contributed by atoms with E-state index in [2.05, 4.69) is 4.98 Å². The predicted octanol–water partition coefficient (Wildman–Crippen LogP) is 0.824. The van der Waals surface area contributed by atoms with Crippen LogP contribution in [0.1, 0.15) is 20.3 Å². The highest BCUT2D eigenvalue weighted by Crippen LogP contribution is 2.31. The predicted molar refractivity (Wildman–Crippen MR) is 61.8 cm³/mol. The Morgan fingerprint density at radius 2 is 2.06 bits per heavy atom. The Morgan fingerprint density at radius 3 is 2.53 bits per heavy atom. The number of Topliss-reactive ketones (excluding diaryl/α,β-unsaturated/α-hetero) is 1. The number of sulfonamides is 1. The zero-order valence-corrected chi connectivity index (χ0v) is 10.6. The Kier molecular flexibility index (Phi) is 2.79. The largest absolute Gasteiger partial charge is 0.298 e. The van der Waals surface area contributed by atoms with Crippen molar-refractivity contribution in [2.24, 2.45) is 0 Å². The van der Waals surface area contributed by atoms with Crippen molar-refractivity contribution < 1.29 is 13.2 Å². The molecule has 92 valence electrons. The molecule has 0 unspecified atom stereocenters. The first-order valence-electron chi connectivity index (χ1n) is 5.30. The number of pyridine rings is 1.